The summed E-state index contributed by atoms with van der Waals surface area (Å²) < 4.78 is 26.2. The lowest BCUT2D eigenvalue weighted by Crippen LogP contribution is -2.56. The molecule has 0 spiro atoms. The Hall–Kier alpha value is -2.12. The third kappa shape index (κ3) is 3.77. The van der Waals surface area contributed by atoms with Crippen molar-refractivity contribution in [2.75, 3.05) is 31.1 Å². The number of benzene rings is 1. The lowest BCUT2D eigenvalue weighted by Gasteiger charge is -2.45. The SMILES string of the molecule is CCCC(O)(c1ccc(F)cc1)N1CCN(c2ncc(F)cn2)CC1. The molecule has 1 fully saturated rings. The van der Waals surface area contributed by atoms with E-state index in [1.54, 1.807) is 12.1 Å². The number of hydrogen-bond acceptors (Lipinski definition) is 5. The molecule has 134 valence electrons. The van der Waals surface area contributed by atoms with Crippen molar-refractivity contribution in [3.05, 3.63) is 53.9 Å². The Kier molecular flexibility index (Phi) is 5.24. The Balaban J connectivity index is 1.74. The second kappa shape index (κ2) is 7.41. The van der Waals surface area contributed by atoms with Gasteiger partial charge < -0.3 is 10.0 Å². The van der Waals surface area contributed by atoms with Gasteiger partial charge in [0.25, 0.3) is 0 Å². The highest BCUT2D eigenvalue weighted by Gasteiger charge is 2.37. The predicted molar refractivity (Wildman–Crippen MR) is 91.0 cm³/mol. The van der Waals surface area contributed by atoms with Crippen LogP contribution in [-0.2, 0) is 5.72 Å². The van der Waals surface area contributed by atoms with Crippen LogP contribution in [0.5, 0.6) is 0 Å². The van der Waals surface area contributed by atoms with Crippen LogP contribution in [0.2, 0.25) is 0 Å². The molecule has 1 saturated heterocycles. The van der Waals surface area contributed by atoms with E-state index in [4.69, 9.17) is 0 Å². The number of piperazine rings is 1. The quantitative estimate of drug-likeness (QED) is 0.900. The first-order chi connectivity index (χ1) is 12.0. The van der Waals surface area contributed by atoms with Gasteiger partial charge in [-0.25, -0.2) is 18.7 Å². The van der Waals surface area contributed by atoms with Crippen LogP contribution in [-0.4, -0.2) is 46.2 Å². The minimum Gasteiger partial charge on any atom is -0.371 e. The third-order valence-electron chi connectivity index (χ3n) is 4.60. The Labute approximate surface area is 145 Å². The standard InChI is InChI=1S/C18H22F2N4O/c1-2-7-18(25,14-3-5-15(19)6-4-14)24-10-8-23(9-11-24)17-21-12-16(20)13-22-17/h3-6,12-13,25H,2,7-11H2,1H3. The smallest absolute Gasteiger partial charge is 0.225 e. The highest BCUT2D eigenvalue weighted by Crippen LogP contribution is 2.32. The zero-order valence-corrected chi connectivity index (χ0v) is 14.2. The highest BCUT2D eigenvalue weighted by atomic mass is 19.1. The average molecular weight is 348 g/mol. The maximum atomic E-state index is 13.2. The van der Waals surface area contributed by atoms with Crippen LogP contribution >= 0.6 is 0 Å². The first kappa shape index (κ1) is 17.7. The van der Waals surface area contributed by atoms with Crippen LogP contribution in [0, 0.1) is 11.6 Å². The maximum absolute atomic E-state index is 13.2. The minimum atomic E-state index is -1.13. The average Bonchev–Trinajstić information content (AvgIpc) is 2.63. The summed E-state index contributed by atoms with van der Waals surface area (Å²) in [5, 5.41) is 11.3. The topological polar surface area (TPSA) is 52.5 Å². The van der Waals surface area contributed by atoms with E-state index in [2.05, 4.69) is 9.97 Å². The fourth-order valence-electron chi connectivity index (χ4n) is 3.30. The molecule has 1 aliphatic rings. The number of hydrogen-bond donors (Lipinski definition) is 1. The Morgan fingerprint density at radius 1 is 1.00 bits per heavy atom. The van der Waals surface area contributed by atoms with Gasteiger partial charge in [0.05, 0.1) is 12.4 Å². The number of rotatable bonds is 5. The van der Waals surface area contributed by atoms with Crippen LogP contribution in [0.15, 0.2) is 36.7 Å². The molecule has 1 unspecified atom stereocenters. The summed E-state index contributed by atoms with van der Waals surface area (Å²) in [4.78, 5) is 12.0. The molecule has 1 N–H and O–H groups in total. The van der Waals surface area contributed by atoms with Gasteiger partial charge in [-0.05, 0) is 24.1 Å². The lowest BCUT2D eigenvalue weighted by atomic mass is 9.95. The number of halogens is 2. The van der Waals surface area contributed by atoms with Crippen molar-refractivity contribution in [1.29, 1.82) is 0 Å². The highest BCUT2D eigenvalue weighted by molar-refractivity contribution is 5.30. The van der Waals surface area contributed by atoms with Crippen molar-refractivity contribution in [2.24, 2.45) is 0 Å². The molecule has 3 rings (SSSR count). The number of anilines is 1. The summed E-state index contributed by atoms with van der Waals surface area (Å²) in [6, 6.07) is 6.03. The summed E-state index contributed by atoms with van der Waals surface area (Å²) in [6.45, 7) is 4.47. The van der Waals surface area contributed by atoms with Crippen LogP contribution < -0.4 is 4.90 Å². The van der Waals surface area contributed by atoms with E-state index < -0.39 is 11.5 Å². The van der Waals surface area contributed by atoms with Crippen LogP contribution in [0.1, 0.15) is 25.3 Å². The van der Waals surface area contributed by atoms with Gasteiger partial charge in [0.15, 0.2) is 5.82 Å². The number of nitrogens with zero attached hydrogens (tertiary/aromatic N) is 4. The summed E-state index contributed by atoms with van der Waals surface area (Å²) in [5.41, 5.74) is -0.430. The molecule has 0 bridgehead atoms. The summed E-state index contributed by atoms with van der Waals surface area (Å²) in [6.07, 6.45) is 3.67. The second-order valence-corrected chi connectivity index (χ2v) is 6.25. The van der Waals surface area contributed by atoms with Gasteiger partial charge in [-0.2, -0.15) is 0 Å². The van der Waals surface area contributed by atoms with E-state index in [-0.39, 0.29) is 5.82 Å². The first-order valence-electron chi connectivity index (χ1n) is 8.49. The summed E-state index contributed by atoms with van der Waals surface area (Å²) in [7, 11) is 0. The second-order valence-electron chi connectivity index (χ2n) is 6.25. The fraction of sp³-hybridized carbons (Fsp3) is 0.444. The molecule has 0 saturated carbocycles. The van der Waals surface area contributed by atoms with Gasteiger partial charge >= 0.3 is 0 Å². The Bertz CT molecular complexity index is 687. The van der Waals surface area contributed by atoms with Crippen LogP contribution in [0.3, 0.4) is 0 Å². The van der Waals surface area contributed by atoms with E-state index >= 15 is 0 Å². The van der Waals surface area contributed by atoms with Crippen molar-refractivity contribution < 1.29 is 13.9 Å². The van der Waals surface area contributed by atoms with Crippen LogP contribution in [0.25, 0.3) is 0 Å². The van der Waals surface area contributed by atoms with E-state index in [1.807, 2.05) is 16.7 Å². The van der Waals surface area contributed by atoms with Gasteiger partial charge in [-0.15, -0.1) is 0 Å². The predicted octanol–water partition coefficient (Wildman–Crippen LogP) is 2.52. The molecule has 1 aliphatic heterocycles. The fourth-order valence-corrected chi connectivity index (χ4v) is 3.30. The van der Waals surface area contributed by atoms with Gasteiger partial charge in [0.1, 0.15) is 11.5 Å². The van der Waals surface area contributed by atoms with Crippen molar-refractivity contribution >= 4 is 5.95 Å². The molecule has 1 atom stereocenters. The van der Waals surface area contributed by atoms with E-state index in [1.165, 1.54) is 12.1 Å². The van der Waals surface area contributed by atoms with E-state index in [9.17, 15) is 13.9 Å². The maximum Gasteiger partial charge on any atom is 0.225 e. The molecule has 0 aliphatic carbocycles. The van der Waals surface area contributed by atoms with Crippen molar-refractivity contribution in [3.8, 4) is 0 Å². The van der Waals surface area contributed by atoms with Gasteiger partial charge in [-0.3, -0.25) is 4.90 Å². The summed E-state index contributed by atoms with van der Waals surface area (Å²) >= 11 is 0. The molecule has 0 radical (unpaired) electrons. The molecule has 1 aromatic heterocycles. The lowest BCUT2D eigenvalue weighted by molar-refractivity contribution is -0.125. The Morgan fingerprint density at radius 3 is 2.16 bits per heavy atom. The largest absolute Gasteiger partial charge is 0.371 e. The van der Waals surface area contributed by atoms with Crippen molar-refractivity contribution in [2.45, 2.75) is 25.5 Å². The monoisotopic (exact) mass is 348 g/mol. The molecule has 1 aromatic carbocycles. The van der Waals surface area contributed by atoms with Crippen LogP contribution in [0.4, 0.5) is 14.7 Å². The zero-order chi connectivity index (χ0) is 17.9. The van der Waals surface area contributed by atoms with E-state index in [0.717, 1.165) is 18.8 Å². The van der Waals surface area contributed by atoms with Gasteiger partial charge in [-0.1, -0.05) is 25.5 Å². The Morgan fingerprint density at radius 2 is 1.60 bits per heavy atom. The summed E-state index contributed by atoms with van der Waals surface area (Å²) in [5.74, 6) is -0.293. The molecule has 2 heterocycles. The van der Waals surface area contributed by atoms with Gasteiger partial charge in [0.2, 0.25) is 5.95 Å². The molecule has 0 amide bonds. The van der Waals surface area contributed by atoms with Crippen molar-refractivity contribution in [3.63, 3.8) is 0 Å². The third-order valence-corrected chi connectivity index (χ3v) is 4.60. The molecule has 5 nitrogen and oxygen atoms in total. The van der Waals surface area contributed by atoms with Crippen molar-refractivity contribution in [1.82, 2.24) is 14.9 Å². The minimum absolute atomic E-state index is 0.319. The normalized spacial score (nSPS) is 18.2. The molecule has 2 aromatic rings. The number of aromatic nitrogens is 2. The molecular weight excluding hydrogens is 326 g/mol. The molecular formula is C18H22F2N4O. The van der Waals surface area contributed by atoms with Gasteiger partial charge in [0, 0.05) is 26.2 Å². The molecule has 7 heteroatoms. The zero-order valence-electron chi connectivity index (χ0n) is 14.2. The van der Waals surface area contributed by atoms with E-state index in [0.29, 0.717) is 44.1 Å². The first-order valence-corrected chi connectivity index (χ1v) is 8.49. The molecule has 25 heavy (non-hydrogen) atoms. The number of aliphatic hydroxyl groups is 1.